The minimum Gasteiger partial charge on any atom is -0.465 e. The molecule has 0 unspecified atom stereocenters. The molecule has 1 aliphatic rings. The maximum absolute atomic E-state index is 12.8. The van der Waals surface area contributed by atoms with Gasteiger partial charge in [-0.3, -0.25) is 8.61 Å². The molecule has 1 aliphatic heterocycles. The van der Waals surface area contributed by atoms with Gasteiger partial charge in [0.1, 0.15) is 0 Å². The van der Waals surface area contributed by atoms with E-state index >= 15 is 0 Å². The van der Waals surface area contributed by atoms with Gasteiger partial charge >= 0.3 is 18.0 Å². The first-order chi connectivity index (χ1) is 13.5. The molecule has 0 N–H and O–H groups in total. The van der Waals surface area contributed by atoms with E-state index in [-0.39, 0.29) is 6.03 Å². The summed E-state index contributed by atoms with van der Waals surface area (Å²) in [5, 5.41) is 0. The Hall–Kier alpha value is -2.65. The van der Waals surface area contributed by atoms with Gasteiger partial charge in [-0.2, -0.15) is 0 Å². The van der Waals surface area contributed by atoms with Gasteiger partial charge in [-0.05, 0) is 48.2 Å². The first kappa shape index (κ1) is 20.1. The van der Waals surface area contributed by atoms with Crippen molar-refractivity contribution in [2.45, 2.75) is 9.79 Å². The molecule has 2 amide bonds. The zero-order chi connectivity index (χ0) is 20.1. The number of benzene rings is 2. The van der Waals surface area contributed by atoms with Crippen molar-refractivity contribution in [3.05, 3.63) is 59.7 Å². The van der Waals surface area contributed by atoms with Crippen molar-refractivity contribution in [2.24, 2.45) is 0 Å². The highest BCUT2D eigenvalue weighted by Gasteiger charge is 2.32. The predicted molar refractivity (Wildman–Crippen MR) is 106 cm³/mol. The van der Waals surface area contributed by atoms with Gasteiger partial charge in [-0.1, -0.05) is 24.3 Å². The van der Waals surface area contributed by atoms with Crippen molar-refractivity contribution in [3.63, 3.8) is 0 Å². The van der Waals surface area contributed by atoms with E-state index in [1.807, 2.05) is 0 Å². The molecule has 0 aliphatic carbocycles. The SMILES string of the molecule is COC(=O)c1ccccc1SN1CCN(Sc2ccccc2C(=O)OC)C1=O. The highest BCUT2D eigenvalue weighted by molar-refractivity contribution is 7.99. The van der Waals surface area contributed by atoms with E-state index in [1.165, 1.54) is 38.1 Å². The summed E-state index contributed by atoms with van der Waals surface area (Å²) >= 11 is 2.39. The van der Waals surface area contributed by atoms with Gasteiger partial charge in [0, 0.05) is 9.79 Å². The van der Waals surface area contributed by atoms with Crippen LogP contribution in [0.5, 0.6) is 0 Å². The first-order valence-corrected chi connectivity index (χ1v) is 9.89. The summed E-state index contributed by atoms with van der Waals surface area (Å²) in [7, 11) is 2.64. The number of urea groups is 1. The quantitative estimate of drug-likeness (QED) is 0.523. The summed E-state index contributed by atoms with van der Waals surface area (Å²) in [4.78, 5) is 37.9. The molecule has 1 fully saturated rings. The second-order valence-electron chi connectivity index (χ2n) is 5.64. The number of esters is 2. The number of carbonyl (C=O) groups excluding carboxylic acids is 3. The van der Waals surface area contributed by atoms with Gasteiger partial charge in [0.2, 0.25) is 0 Å². The van der Waals surface area contributed by atoms with Crippen LogP contribution in [0.25, 0.3) is 0 Å². The van der Waals surface area contributed by atoms with E-state index in [1.54, 1.807) is 57.1 Å². The molecule has 0 aromatic heterocycles. The number of rotatable bonds is 6. The molecule has 2 aromatic carbocycles. The lowest BCUT2D eigenvalue weighted by atomic mass is 10.2. The zero-order valence-electron chi connectivity index (χ0n) is 15.3. The van der Waals surface area contributed by atoms with E-state index in [0.717, 1.165) is 0 Å². The third kappa shape index (κ3) is 4.26. The predicted octanol–water partition coefficient (Wildman–Crippen LogP) is 3.71. The van der Waals surface area contributed by atoms with Crippen LogP contribution >= 0.6 is 23.9 Å². The molecule has 1 saturated heterocycles. The lowest BCUT2D eigenvalue weighted by Gasteiger charge is -2.18. The van der Waals surface area contributed by atoms with Crippen LogP contribution in [0.3, 0.4) is 0 Å². The molecule has 0 bridgehead atoms. The molecule has 28 heavy (non-hydrogen) atoms. The molecule has 1 heterocycles. The van der Waals surface area contributed by atoms with Gasteiger partial charge < -0.3 is 9.47 Å². The van der Waals surface area contributed by atoms with Gasteiger partial charge in [0.15, 0.2) is 0 Å². The van der Waals surface area contributed by atoms with Gasteiger partial charge in [0.25, 0.3) is 0 Å². The van der Waals surface area contributed by atoms with Crippen molar-refractivity contribution in [1.82, 2.24) is 8.61 Å². The van der Waals surface area contributed by atoms with E-state index in [4.69, 9.17) is 9.47 Å². The van der Waals surface area contributed by atoms with E-state index in [9.17, 15) is 14.4 Å². The molecule has 3 rings (SSSR count). The fourth-order valence-electron chi connectivity index (χ4n) is 2.55. The Kier molecular flexibility index (Phi) is 6.48. The van der Waals surface area contributed by atoms with Crippen LogP contribution in [0, 0.1) is 0 Å². The average Bonchev–Trinajstić information content (AvgIpc) is 3.07. The molecule has 9 heteroatoms. The highest BCUT2D eigenvalue weighted by atomic mass is 32.2. The lowest BCUT2D eigenvalue weighted by Crippen LogP contribution is -2.23. The van der Waals surface area contributed by atoms with Crippen LogP contribution in [-0.2, 0) is 9.47 Å². The van der Waals surface area contributed by atoms with Crippen molar-refractivity contribution in [2.75, 3.05) is 27.3 Å². The standard InChI is InChI=1S/C19H18N2O5S2/c1-25-17(22)13-7-3-5-9-15(13)27-20-11-12-21(19(20)24)28-16-10-6-4-8-14(16)18(23)26-2/h3-10H,11-12H2,1-2H3. The number of methoxy groups -OCH3 is 2. The Morgan fingerprint density at radius 2 is 1.18 bits per heavy atom. The van der Waals surface area contributed by atoms with E-state index in [2.05, 4.69) is 0 Å². The monoisotopic (exact) mass is 418 g/mol. The van der Waals surface area contributed by atoms with E-state index in [0.29, 0.717) is 34.0 Å². The smallest absolute Gasteiger partial charge is 0.340 e. The number of ether oxygens (including phenoxy) is 2. The largest absolute Gasteiger partial charge is 0.465 e. The number of nitrogens with zero attached hydrogens (tertiary/aromatic N) is 2. The van der Waals surface area contributed by atoms with Crippen molar-refractivity contribution in [3.8, 4) is 0 Å². The van der Waals surface area contributed by atoms with Gasteiger partial charge in [0.05, 0.1) is 38.4 Å². The van der Waals surface area contributed by atoms with Gasteiger partial charge in [-0.25, -0.2) is 14.4 Å². The minimum absolute atomic E-state index is 0.214. The van der Waals surface area contributed by atoms with Crippen LogP contribution in [0.15, 0.2) is 58.3 Å². The maximum Gasteiger partial charge on any atom is 0.340 e. The second-order valence-corrected chi connectivity index (χ2v) is 7.77. The fourth-order valence-corrected chi connectivity index (χ4v) is 4.56. The fraction of sp³-hybridized carbons (Fsp3) is 0.211. The molecule has 7 nitrogen and oxygen atoms in total. The minimum atomic E-state index is -0.451. The summed E-state index contributed by atoms with van der Waals surface area (Å²) < 4.78 is 12.8. The van der Waals surface area contributed by atoms with Crippen LogP contribution < -0.4 is 0 Å². The molecule has 0 saturated carbocycles. The zero-order valence-corrected chi connectivity index (χ0v) is 16.9. The second kappa shape index (κ2) is 9.03. The summed E-state index contributed by atoms with van der Waals surface area (Å²) in [6.45, 7) is 0.957. The first-order valence-electron chi connectivity index (χ1n) is 8.34. The van der Waals surface area contributed by atoms with E-state index < -0.39 is 11.9 Å². The van der Waals surface area contributed by atoms with Crippen molar-refractivity contribution >= 4 is 41.9 Å². The Morgan fingerprint density at radius 3 is 1.57 bits per heavy atom. The molecule has 146 valence electrons. The van der Waals surface area contributed by atoms with Gasteiger partial charge in [-0.15, -0.1) is 0 Å². The normalized spacial score (nSPS) is 13.6. The third-order valence-electron chi connectivity index (χ3n) is 3.93. The maximum atomic E-state index is 12.8. The Morgan fingerprint density at radius 1 is 0.786 bits per heavy atom. The van der Waals surface area contributed by atoms with Crippen LogP contribution in [0.2, 0.25) is 0 Å². The summed E-state index contributed by atoms with van der Waals surface area (Å²) in [6.07, 6.45) is 0. The molecular formula is C19H18N2O5S2. The van der Waals surface area contributed by atoms with Crippen molar-refractivity contribution in [1.29, 1.82) is 0 Å². The highest BCUT2D eigenvalue weighted by Crippen LogP contribution is 2.35. The number of amides is 2. The summed E-state index contributed by atoms with van der Waals surface area (Å²) in [5.74, 6) is -0.902. The van der Waals surface area contributed by atoms with Crippen LogP contribution in [0.4, 0.5) is 4.79 Å². The molecule has 2 aromatic rings. The van der Waals surface area contributed by atoms with Crippen LogP contribution in [-0.4, -0.2) is 53.9 Å². The lowest BCUT2D eigenvalue weighted by molar-refractivity contribution is 0.0588. The Labute approximate surface area is 171 Å². The molecule has 0 atom stereocenters. The Balaban J connectivity index is 1.73. The molecule has 0 radical (unpaired) electrons. The van der Waals surface area contributed by atoms with Crippen molar-refractivity contribution < 1.29 is 23.9 Å². The molecule has 0 spiro atoms. The summed E-state index contributed by atoms with van der Waals surface area (Å²) in [6, 6.07) is 13.7. The van der Waals surface area contributed by atoms with Crippen LogP contribution in [0.1, 0.15) is 20.7 Å². The molecular weight excluding hydrogens is 400 g/mol. The topological polar surface area (TPSA) is 76.2 Å². The summed E-state index contributed by atoms with van der Waals surface area (Å²) in [5.41, 5.74) is 0.815. The number of carbonyl (C=O) groups is 3. The Bertz CT molecular complexity index is 834. The number of hydrogen-bond acceptors (Lipinski definition) is 7. The average molecular weight is 418 g/mol. The third-order valence-corrected chi connectivity index (χ3v) is 6.16. The number of hydrogen-bond donors (Lipinski definition) is 0.